The van der Waals surface area contributed by atoms with Crippen LogP contribution in [-0.2, 0) is 0 Å². The van der Waals surface area contributed by atoms with Crippen molar-refractivity contribution in [2.45, 2.75) is 39.0 Å². The fourth-order valence-electron chi connectivity index (χ4n) is 2.30. The maximum atomic E-state index is 8.95. The van der Waals surface area contributed by atoms with Crippen LogP contribution in [0.2, 0.25) is 0 Å². The number of hydrogen-bond acceptors (Lipinski definition) is 3. The SMILES string of the molecule is C=CCN(CCO)CCCC(CCC)CCN. The van der Waals surface area contributed by atoms with Crippen molar-refractivity contribution in [3.05, 3.63) is 12.7 Å². The first kappa shape index (κ1) is 16.6. The van der Waals surface area contributed by atoms with Gasteiger partial charge in [0, 0.05) is 13.1 Å². The summed E-state index contributed by atoms with van der Waals surface area (Å²) in [5, 5.41) is 8.95. The molecular formula is C14H30N2O. The molecule has 3 heteroatoms. The average molecular weight is 242 g/mol. The van der Waals surface area contributed by atoms with Crippen molar-refractivity contribution in [2.75, 3.05) is 32.8 Å². The molecule has 0 aromatic rings. The molecule has 1 unspecified atom stereocenters. The summed E-state index contributed by atoms with van der Waals surface area (Å²) in [7, 11) is 0. The minimum Gasteiger partial charge on any atom is -0.395 e. The summed E-state index contributed by atoms with van der Waals surface area (Å²) in [6.07, 6.45) is 8.04. The maximum absolute atomic E-state index is 8.95. The molecule has 0 aromatic heterocycles. The van der Waals surface area contributed by atoms with Crippen LogP contribution in [0.15, 0.2) is 12.7 Å². The van der Waals surface area contributed by atoms with E-state index >= 15 is 0 Å². The molecule has 0 bridgehead atoms. The largest absolute Gasteiger partial charge is 0.395 e. The second kappa shape index (κ2) is 12.1. The van der Waals surface area contributed by atoms with Gasteiger partial charge in [-0.05, 0) is 38.3 Å². The zero-order chi connectivity index (χ0) is 12.9. The zero-order valence-electron chi connectivity index (χ0n) is 11.4. The molecule has 17 heavy (non-hydrogen) atoms. The predicted molar refractivity (Wildman–Crippen MR) is 75.0 cm³/mol. The molecule has 0 aliphatic rings. The van der Waals surface area contributed by atoms with E-state index < -0.39 is 0 Å². The summed E-state index contributed by atoms with van der Waals surface area (Å²) in [5.41, 5.74) is 5.63. The number of rotatable bonds is 12. The van der Waals surface area contributed by atoms with Gasteiger partial charge in [0.25, 0.3) is 0 Å². The Morgan fingerprint density at radius 1 is 1.29 bits per heavy atom. The molecule has 0 amide bonds. The molecule has 3 N–H and O–H groups in total. The van der Waals surface area contributed by atoms with Gasteiger partial charge in [-0.2, -0.15) is 0 Å². The van der Waals surface area contributed by atoms with Crippen molar-refractivity contribution in [3.63, 3.8) is 0 Å². The topological polar surface area (TPSA) is 49.5 Å². The standard InChI is InChI=1S/C14H30N2O/c1-3-6-14(8-9-15)7-5-11-16(10-4-2)12-13-17/h4,14,17H,2-3,5-13,15H2,1H3. The minimum atomic E-state index is 0.231. The zero-order valence-corrected chi connectivity index (χ0v) is 11.4. The highest BCUT2D eigenvalue weighted by Crippen LogP contribution is 2.17. The third-order valence-corrected chi connectivity index (χ3v) is 3.16. The van der Waals surface area contributed by atoms with E-state index in [-0.39, 0.29) is 6.61 Å². The molecule has 0 aliphatic carbocycles. The summed E-state index contributed by atoms with van der Waals surface area (Å²) in [5.74, 6) is 0.782. The third kappa shape index (κ3) is 9.33. The van der Waals surface area contributed by atoms with Gasteiger partial charge in [0.15, 0.2) is 0 Å². The Hall–Kier alpha value is -0.380. The molecule has 0 saturated carbocycles. The van der Waals surface area contributed by atoms with Crippen LogP contribution in [-0.4, -0.2) is 42.8 Å². The van der Waals surface area contributed by atoms with Crippen LogP contribution < -0.4 is 5.73 Å². The lowest BCUT2D eigenvalue weighted by Crippen LogP contribution is -2.28. The fourth-order valence-corrected chi connectivity index (χ4v) is 2.30. The summed E-state index contributed by atoms with van der Waals surface area (Å²) in [6, 6.07) is 0. The van der Waals surface area contributed by atoms with Gasteiger partial charge >= 0.3 is 0 Å². The lowest BCUT2D eigenvalue weighted by molar-refractivity contribution is 0.202. The van der Waals surface area contributed by atoms with Crippen molar-refractivity contribution >= 4 is 0 Å². The van der Waals surface area contributed by atoms with E-state index in [0.29, 0.717) is 0 Å². The normalized spacial score (nSPS) is 12.9. The summed E-state index contributed by atoms with van der Waals surface area (Å²) in [6.45, 7) is 9.69. The number of nitrogens with two attached hydrogens (primary N) is 1. The van der Waals surface area contributed by atoms with Crippen LogP contribution in [0.5, 0.6) is 0 Å². The molecule has 3 nitrogen and oxygen atoms in total. The Balaban J connectivity index is 3.77. The van der Waals surface area contributed by atoms with E-state index in [1.165, 1.54) is 25.7 Å². The molecule has 0 aliphatic heterocycles. The Morgan fingerprint density at radius 3 is 2.59 bits per heavy atom. The molecular weight excluding hydrogens is 212 g/mol. The Bertz CT molecular complexity index is 168. The minimum absolute atomic E-state index is 0.231. The molecule has 102 valence electrons. The predicted octanol–water partition coefficient (Wildman–Crippen LogP) is 2.01. The van der Waals surface area contributed by atoms with Gasteiger partial charge < -0.3 is 10.8 Å². The van der Waals surface area contributed by atoms with E-state index in [0.717, 1.165) is 38.5 Å². The van der Waals surface area contributed by atoms with E-state index in [2.05, 4.69) is 18.4 Å². The number of nitrogens with zero attached hydrogens (tertiary/aromatic N) is 1. The monoisotopic (exact) mass is 242 g/mol. The van der Waals surface area contributed by atoms with Crippen molar-refractivity contribution in [1.82, 2.24) is 4.90 Å². The van der Waals surface area contributed by atoms with Crippen molar-refractivity contribution in [3.8, 4) is 0 Å². The number of hydrogen-bond donors (Lipinski definition) is 2. The van der Waals surface area contributed by atoms with E-state index in [4.69, 9.17) is 10.8 Å². The lowest BCUT2D eigenvalue weighted by atomic mass is 9.94. The molecule has 0 saturated heterocycles. The first-order valence-electron chi connectivity index (χ1n) is 6.92. The van der Waals surface area contributed by atoms with Gasteiger partial charge in [0.05, 0.1) is 6.61 Å². The highest BCUT2D eigenvalue weighted by Gasteiger charge is 2.08. The third-order valence-electron chi connectivity index (χ3n) is 3.16. The van der Waals surface area contributed by atoms with Crippen molar-refractivity contribution < 1.29 is 5.11 Å². The molecule has 0 rings (SSSR count). The highest BCUT2D eigenvalue weighted by atomic mass is 16.3. The van der Waals surface area contributed by atoms with Crippen LogP contribution in [0.3, 0.4) is 0 Å². The molecule has 0 radical (unpaired) electrons. The first-order chi connectivity index (χ1) is 8.28. The Kier molecular flexibility index (Phi) is 11.8. The molecule has 0 heterocycles. The van der Waals surface area contributed by atoms with Crippen LogP contribution in [0.4, 0.5) is 0 Å². The average Bonchev–Trinajstić information content (AvgIpc) is 2.30. The Labute approximate surface area is 107 Å². The maximum Gasteiger partial charge on any atom is 0.0558 e. The second-order valence-corrected chi connectivity index (χ2v) is 4.69. The summed E-state index contributed by atoms with van der Waals surface area (Å²) >= 11 is 0. The molecule has 0 spiro atoms. The van der Waals surface area contributed by atoms with Crippen molar-refractivity contribution in [2.24, 2.45) is 11.7 Å². The van der Waals surface area contributed by atoms with Gasteiger partial charge in [0.1, 0.15) is 0 Å². The second-order valence-electron chi connectivity index (χ2n) is 4.69. The van der Waals surface area contributed by atoms with E-state index in [9.17, 15) is 0 Å². The van der Waals surface area contributed by atoms with Crippen LogP contribution in [0.25, 0.3) is 0 Å². The van der Waals surface area contributed by atoms with Gasteiger partial charge in [-0.3, -0.25) is 4.90 Å². The van der Waals surface area contributed by atoms with E-state index in [1.54, 1.807) is 0 Å². The number of aliphatic hydroxyl groups excluding tert-OH is 1. The first-order valence-corrected chi connectivity index (χ1v) is 6.92. The molecule has 0 fully saturated rings. The highest BCUT2D eigenvalue weighted by molar-refractivity contribution is 4.73. The Morgan fingerprint density at radius 2 is 2.06 bits per heavy atom. The summed E-state index contributed by atoms with van der Waals surface area (Å²) in [4.78, 5) is 2.25. The van der Waals surface area contributed by atoms with Gasteiger partial charge in [-0.15, -0.1) is 6.58 Å². The lowest BCUT2D eigenvalue weighted by Gasteiger charge is -2.21. The van der Waals surface area contributed by atoms with Gasteiger partial charge in [-0.1, -0.05) is 25.8 Å². The smallest absolute Gasteiger partial charge is 0.0558 e. The molecule has 1 atom stereocenters. The quantitative estimate of drug-likeness (QED) is 0.515. The van der Waals surface area contributed by atoms with Crippen LogP contribution in [0.1, 0.15) is 39.0 Å². The van der Waals surface area contributed by atoms with Crippen LogP contribution >= 0.6 is 0 Å². The van der Waals surface area contributed by atoms with Gasteiger partial charge in [-0.25, -0.2) is 0 Å². The van der Waals surface area contributed by atoms with Crippen molar-refractivity contribution in [1.29, 1.82) is 0 Å². The van der Waals surface area contributed by atoms with E-state index in [1.807, 2.05) is 6.08 Å². The van der Waals surface area contributed by atoms with Crippen LogP contribution in [0, 0.1) is 5.92 Å². The summed E-state index contributed by atoms with van der Waals surface area (Å²) < 4.78 is 0. The fraction of sp³-hybridized carbons (Fsp3) is 0.857. The number of aliphatic hydroxyl groups is 1. The molecule has 0 aromatic carbocycles. The van der Waals surface area contributed by atoms with Gasteiger partial charge in [0.2, 0.25) is 0 Å².